The van der Waals surface area contributed by atoms with Crippen molar-refractivity contribution >= 4 is 0 Å². The maximum Gasteiger partial charge on any atom is 0.0472 e. The average molecular weight is 232 g/mol. The monoisotopic (exact) mass is 232 g/mol. The summed E-state index contributed by atoms with van der Waals surface area (Å²) in [5.41, 5.74) is 1.44. The number of hydrogen-bond donors (Lipinski definition) is 1. The molecule has 1 aliphatic heterocycles. The van der Waals surface area contributed by atoms with Crippen molar-refractivity contribution in [1.82, 2.24) is 10.2 Å². The molecule has 0 saturated carbocycles. The second kappa shape index (κ2) is 6.18. The predicted molar refractivity (Wildman–Crippen MR) is 73.1 cm³/mol. The lowest BCUT2D eigenvalue weighted by atomic mass is 10.0. The molecule has 0 aliphatic carbocycles. The first-order chi connectivity index (χ1) is 8.35. The first-order valence-electron chi connectivity index (χ1n) is 6.78. The number of nitrogens with zero attached hydrogens (tertiary/aromatic N) is 1. The van der Waals surface area contributed by atoms with E-state index in [1.54, 1.807) is 0 Å². The van der Waals surface area contributed by atoms with E-state index < -0.39 is 0 Å². The quantitative estimate of drug-likeness (QED) is 0.839. The van der Waals surface area contributed by atoms with Gasteiger partial charge < -0.3 is 5.32 Å². The van der Waals surface area contributed by atoms with Crippen LogP contribution in [-0.4, -0.2) is 31.6 Å². The van der Waals surface area contributed by atoms with Crippen molar-refractivity contribution in [2.24, 2.45) is 5.92 Å². The molecule has 1 N–H and O–H groups in total. The highest BCUT2D eigenvalue weighted by Crippen LogP contribution is 2.28. The van der Waals surface area contributed by atoms with E-state index >= 15 is 0 Å². The number of rotatable bonds is 5. The van der Waals surface area contributed by atoms with Crippen LogP contribution in [0.5, 0.6) is 0 Å². The molecule has 2 nitrogen and oxygen atoms in total. The molecular formula is C15H24N2. The van der Waals surface area contributed by atoms with E-state index in [0.29, 0.717) is 6.04 Å². The minimum atomic E-state index is 0.540. The third-order valence-electron chi connectivity index (χ3n) is 3.92. The first kappa shape index (κ1) is 12.6. The maximum absolute atomic E-state index is 3.33. The highest BCUT2D eigenvalue weighted by molar-refractivity contribution is 5.19. The Bertz CT molecular complexity index is 323. The van der Waals surface area contributed by atoms with Gasteiger partial charge in [-0.25, -0.2) is 0 Å². The van der Waals surface area contributed by atoms with Crippen LogP contribution in [0.2, 0.25) is 0 Å². The van der Waals surface area contributed by atoms with Crippen molar-refractivity contribution in [3.63, 3.8) is 0 Å². The summed E-state index contributed by atoms with van der Waals surface area (Å²) >= 11 is 0. The Balaban J connectivity index is 2.08. The van der Waals surface area contributed by atoms with Gasteiger partial charge in [-0.05, 0) is 31.5 Å². The second-order valence-electron chi connectivity index (χ2n) is 5.04. The number of likely N-dealkylation sites (N-methyl/N-ethyl adjacent to an activating group) is 1. The fraction of sp³-hybridized carbons (Fsp3) is 0.600. The van der Waals surface area contributed by atoms with Crippen molar-refractivity contribution in [3.8, 4) is 0 Å². The Hall–Kier alpha value is -0.860. The number of hydrogen-bond acceptors (Lipinski definition) is 2. The molecule has 2 atom stereocenters. The molecule has 1 saturated heterocycles. The van der Waals surface area contributed by atoms with E-state index in [1.807, 2.05) is 7.05 Å². The molecule has 1 heterocycles. The Labute approximate surface area is 105 Å². The van der Waals surface area contributed by atoms with Gasteiger partial charge in [0.1, 0.15) is 0 Å². The van der Waals surface area contributed by atoms with E-state index in [4.69, 9.17) is 0 Å². The third kappa shape index (κ3) is 3.08. The molecule has 0 bridgehead atoms. The van der Waals surface area contributed by atoms with Gasteiger partial charge >= 0.3 is 0 Å². The zero-order valence-electron chi connectivity index (χ0n) is 11.0. The summed E-state index contributed by atoms with van der Waals surface area (Å²) in [6.07, 6.45) is 2.68. The molecule has 94 valence electrons. The molecule has 2 unspecified atom stereocenters. The largest absolute Gasteiger partial charge is 0.318 e. The van der Waals surface area contributed by atoms with Crippen LogP contribution < -0.4 is 5.32 Å². The number of benzene rings is 1. The van der Waals surface area contributed by atoms with Crippen LogP contribution in [0.15, 0.2) is 30.3 Å². The maximum atomic E-state index is 3.33. The Morgan fingerprint density at radius 2 is 2.12 bits per heavy atom. The van der Waals surface area contributed by atoms with E-state index in [1.165, 1.54) is 31.5 Å². The van der Waals surface area contributed by atoms with Gasteiger partial charge in [0.05, 0.1) is 0 Å². The summed E-state index contributed by atoms with van der Waals surface area (Å²) in [5, 5.41) is 3.33. The van der Waals surface area contributed by atoms with Gasteiger partial charge in [0.25, 0.3) is 0 Å². The number of likely N-dealkylation sites (tertiary alicyclic amines) is 1. The molecule has 0 radical (unpaired) electrons. The summed E-state index contributed by atoms with van der Waals surface area (Å²) in [4.78, 5) is 2.64. The van der Waals surface area contributed by atoms with Gasteiger partial charge in [-0.15, -0.1) is 0 Å². The molecular weight excluding hydrogens is 208 g/mol. The second-order valence-corrected chi connectivity index (χ2v) is 5.04. The molecule has 1 aromatic carbocycles. The van der Waals surface area contributed by atoms with Crippen LogP contribution in [0, 0.1) is 5.92 Å². The van der Waals surface area contributed by atoms with Gasteiger partial charge in [-0.2, -0.15) is 0 Å². The van der Waals surface area contributed by atoms with Crippen molar-refractivity contribution < 1.29 is 0 Å². The van der Waals surface area contributed by atoms with E-state index in [-0.39, 0.29) is 0 Å². The fourth-order valence-electron chi connectivity index (χ4n) is 2.81. The van der Waals surface area contributed by atoms with Gasteiger partial charge in [0, 0.05) is 19.1 Å². The van der Waals surface area contributed by atoms with Crippen LogP contribution in [0.25, 0.3) is 0 Å². The van der Waals surface area contributed by atoms with Crippen LogP contribution in [-0.2, 0) is 0 Å². The Morgan fingerprint density at radius 1 is 1.35 bits per heavy atom. The zero-order chi connectivity index (χ0) is 12.1. The molecule has 0 aromatic heterocycles. The minimum Gasteiger partial charge on any atom is -0.318 e. The minimum absolute atomic E-state index is 0.540. The van der Waals surface area contributed by atoms with Crippen molar-refractivity contribution in [2.45, 2.75) is 25.8 Å². The van der Waals surface area contributed by atoms with E-state index in [2.05, 4.69) is 47.5 Å². The lowest BCUT2D eigenvalue weighted by molar-refractivity contribution is 0.232. The molecule has 2 heteroatoms. The lowest BCUT2D eigenvalue weighted by Gasteiger charge is -2.28. The summed E-state index contributed by atoms with van der Waals surface area (Å²) in [7, 11) is 2.04. The molecule has 17 heavy (non-hydrogen) atoms. The lowest BCUT2D eigenvalue weighted by Crippen LogP contribution is -2.33. The third-order valence-corrected chi connectivity index (χ3v) is 3.92. The van der Waals surface area contributed by atoms with Crippen molar-refractivity contribution in [2.75, 3.05) is 26.7 Å². The summed E-state index contributed by atoms with van der Waals surface area (Å²) in [5.74, 6) is 0.901. The number of nitrogens with one attached hydrogen (secondary N) is 1. The standard InChI is InChI=1S/C15H24N2/c1-3-13-9-10-17(12-13)15(11-16-2)14-7-5-4-6-8-14/h4-8,13,15-16H,3,9-12H2,1-2H3. The van der Waals surface area contributed by atoms with Crippen LogP contribution in [0.3, 0.4) is 0 Å². The normalized spacial score (nSPS) is 22.8. The van der Waals surface area contributed by atoms with Gasteiger partial charge in [-0.3, -0.25) is 4.90 Å². The summed E-state index contributed by atoms with van der Waals surface area (Å²) in [6.45, 7) is 5.86. The summed E-state index contributed by atoms with van der Waals surface area (Å²) < 4.78 is 0. The van der Waals surface area contributed by atoms with E-state index in [9.17, 15) is 0 Å². The topological polar surface area (TPSA) is 15.3 Å². The molecule has 1 aromatic rings. The van der Waals surface area contributed by atoms with Gasteiger partial charge in [0.2, 0.25) is 0 Å². The Morgan fingerprint density at radius 3 is 2.71 bits per heavy atom. The average Bonchev–Trinajstić information content (AvgIpc) is 2.85. The predicted octanol–water partition coefficient (Wildman–Crippen LogP) is 2.68. The van der Waals surface area contributed by atoms with Crippen LogP contribution >= 0.6 is 0 Å². The van der Waals surface area contributed by atoms with E-state index in [0.717, 1.165) is 12.5 Å². The first-order valence-corrected chi connectivity index (χ1v) is 6.78. The van der Waals surface area contributed by atoms with Gasteiger partial charge in [0.15, 0.2) is 0 Å². The van der Waals surface area contributed by atoms with Crippen LogP contribution in [0.1, 0.15) is 31.4 Å². The van der Waals surface area contributed by atoms with Gasteiger partial charge in [-0.1, -0.05) is 43.7 Å². The van der Waals surface area contributed by atoms with Crippen LogP contribution in [0.4, 0.5) is 0 Å². The zero-order valence-corrected chi connectivity index (χ0v) is 11.0. The molecule has 0 spiro atoms. The SMILES string of the molecule is CCC1CCN(C(CNC)c2ccccc2)C1. The fourth-order valence-corrected chi connectivity index (χ4v) is 2.81. The molecule has 1 fully saturated rings. The Kier molecular flexibility index (Phi) is 4.57. The smallest absolute Gasteiger partial charge is 0.0472 e. The molecule has 0 amide bonds. The summed E-state index contributed by atoms with van der Waals surface area (Å²) in [6, 6.07) is 11.4. The van der Waals surface area contributed by atoms with Crippen molar-refractivity contribution in [3.05, 3.63) is 35.9 Å². The molecule has 1 aliphatic rings. The highest BCUT2D eigenvalue weighted by Gasteiger charge is 2.27. The van der Waals surface area contributed by atoms with Crippen molar-refractivity contribution in [1.29, 1.82) is 0 Å². The molecule has 2 rings (SSSR count). The highest BCUT2D eigenvalue weighted by atomic mass is 15.2.